The van der Waals surface area contributed by atoms with Gasteiger partial charge in [-0.1, -0.05) is 62.8 Å². The van der Waals surface area contributed by atoms with Gasteiger partial charge in [0, 0.05) is 19.5 Å². The number of benzene rings is 1. The van der Waals surface area contributed by atoms with Crippen molar-refractivity contribution in [3.05, 3.63) is 47.5 Å². The topological polar surface area (TPSA) is 75.4 Å². The molecule has 3 N–H and O–H groups in total. The summed E-state index contributed by atoms with van der Waals surface area (Å²) in [6.07, 6.45) is 3.43. The minimum atomic E-state index is -0.674. The molecule has 0 aromatic heterocycles. The van der Waals surface area contributed by atoms with E-state index in [0.29, 0.717) is 19.5 Å². The van der Waals surface area contributed by atoms with Crippen molar-refractivity contribution in [1.29, 1.82) is 0 Å². The van der Waals surface area contributed by atoms with Gasteiger partial charge in [0.1, 0.15) is 6.04 Å². The van der Waals surface area contributed by atoms with Crippen molar-refractivity contribution in [3.63, 3.8) is 0 Å². The van der Waals surface area contributed by atoms with Crippen molar-refractivity contribution >= 4 is 11.9 Å². The van der Waals surface area contributed by atoms with Crippen molar-refractivity contribution < 1.29 is 9.59 Å². The summed E-state index contributed by atoms with van der Waals surface area (Å²) in [5, 5.41) is 2.59. The molecule has 24 heavy (non-hydrogen) atoms. The van der Waals surface area contributed by atoms with Crippen LogP contribution >= 0.6 is 0 Å². The van der Waals surface area contributed by atoms with Crippen molar-refractivity contribution in [2.75, 3.05) is 13.1 Å². The summed E-state index contributed by atoms with van der Waals surface area (Å²) in [7, 11) is 0. The van der Waals surface area contributed by atoms with E-state index in [2.05, 4.69) is 32.2 Å². The first-order chi connectivity index (χ1) is 11.3. The molecule has 1 aliphatic rings. The Morgan fingerprint density at radius 3 is 2.42 bits per heavy atom. The molecule has 0 fully saturated rings. The van der Waals surface area contributed by atoms with Gasteiger partial charge in [-0.05, 0) is 17.4 Å². The fraction of sp³-hybridized carbons (Fsp3) is 0.474. The van der Waals surface area contributed by atoms with Crippen LogP contribution in [-0.2, 0) is 11.2 Å². The molecule has 0 radical (unpaired) electrons. The lowest BCUT2D eigenvalue weighted by Crippen LogP contribution is -2.52. The van der Waals surface area contributed by atoms with Gasteiger partial charge >= 0.3 is 6.03 Å². The number of nitrogens with zero attached hydrogens (tertiary/aromatic N) is 1. The van der Waals surface area contributed by atoms with Crippen molar-refractivity contribution in [1.82, 2.24) is 10.2 Å². The van der Waals surface area contributed by atoms with Gasteiger partial charge in [0.15, 0.2) is 0 Å². The molecule has 1 aliphatic heterocycles. The first kappa shape index (κ1) is 18.0. The number of rotatable bonds is 4. The summed E-state index contributed by atoms with van der Waals surface area (Å²) in [5.41, 5.74) is 7.75. The number of nitrogens with one attached hydrogen (secondary N) is 1. The molecule has 1 aromatic carbocycles. The number of primary amides is 1. The van der Waals surface area contributed by atoms with E-state index in [4.69, 9.17) is 5.73 Å². The second-order valence-corrected chi connectivity index (χ2v) is 7.26. The van der Waals surface area contributed by atoms with Crippen LogP contribution in [0, 0.1) is 5.41 Å². The molecule has 0 bridgehead atoms. The maximum Gasteiger partial charge on any atom is 0.312 e. The number of nitrogens with two attached hydrogens (primary N) is 1. The van der Waals surface area contributed by atoms with Crippen LogP contribution in [0.2, 0.25) is 0 Å². The molecule has 5 heteroatoms. The Bertz CT molecular complexity index is 617. The third-order valence-corrected chi connectivity index (χ3v) is 4.38. The monoisotopic (exact) mass is 329 g/mol. The summed E-state index contributed by atoms with van der Waals surface area (Å²) in [4.78, 5) is 25.9. The molecule has 0 saturated heterocycles. The smallest absolute Gasteiger partial charge is 0.312 e. The molecule has 130 valence electrons. The number of carbonyl (C=O) groups excluding carboxylic acids is 2. The van der Waals surface area contributed by atoms with E-state index in [1.807, 2.05) is 30.3 Å². The highest BCUT2D eigenvalue weighted by Crippen LogP contribution is 2.30. The van der Waals surface area contributed by atoms with Crippen LogP contribution in [-0.4, -0.2) is 36.0 Å². The van der Waals surface area contributed by atoms with Gasteiger partial charge in [0.2, 0.25) is 5.91 Å². The van der Waals surface area contributed by atoms with E-state index < -0.39 is 12.1 Å². The molecule has 1 atom stereocenters. The molecule has 1 aromatic rings. The van der Waals surface area contributed by atoms with Gasteiger partial charge in [-0.15, -0.1) is 0 Å². The molecule has 1 unspecified atom stereocenters. The highest BCUT2D eigenvalue weighted by Gasteiger charge is 2.28. The zero-order valence-electron chi connectivity index (χ0n) is 14.7. The van der Waals surface area contributed by atoms with E-state index in [9.17, 15) is 9.59 Å². The second-order valence-electron chi connectivity index (χ2n) is 7.26. The van der Waals surface area contributed by atoms with E-state index in [1.165, 1.54) is 5.57 Å². The van der Waals surface area contributed by atoms with Crippen LogP contribution in [0.15, 0.2) is 42.0 Å². The minimum absolute atomic E-state index is 0.0816. The van der Waals surface area contributed by atoms with Crippen LogP contribution in [0.3, 0.4) is 0 Å². The number of carbonyl (C=O) groups is 2. The number of urea groups is 1. The largest absolute Gasteiger partial charge is 0.352 e. The predicted molar refractivity (Wildman–Crippen MR) is 95.4 cm³/mol. The van der Waals surface area contributed by atoms with E-state index >= 15 is 0 Å². The molecule has 5 nitrogen and oxygen atoms in total. The fourth-order valence-corrected chi connectivity index (χ4v) is 2.99. The third-order valence-electron chi connectivity index (χ3n) is 4.38. The average molecular weight is 329 g/mol. The SMILES string of the molecule is CC(C)(C)C1=CCN(C(=O)C(Cc2ccccc2)NC(N)=O)CC1. The second kappa shape index (κ2) is 7.51. The first-order valence-corrected chi connectivity index (χ1v) is 8.35. The Morgan fingerprint density at radius 1 is 1.25 bits per heavy atom. The summed E-state index contributed by atoms with van der Waals surface area (Å²) < 4.78 is 0. The third kappa shape index (κ3) is 4.85. The van der Waals surface area contributed by atoms with Gasteiger partial charge in [-0.25, -0.2) is 4.79 Å². The summed E-state index contributed by atoms with van der Waals surface area (Å²) >= 11 is 0. The molecule has 2 rings (SSSR count). The zero-order chi connectivity index (χ0) is 17.7. The Hall–Kier alpha value is -2.30. The van der Waals surface area contributed by atoms with Gasteiger partial charge in [0.05, 0.1) is 0 Å². The van der Waals surface area contributed by atoms with Gasteiger partial charge in [0.25, 0.3) is 0 Å². The molecule has 1 heterocycles. The highest BCUT2D eigenvalue weighted by atomic mass is 16.2. The van der Waals surface area contributed by atoms with Crippen LogP contribution in [0.1, 0.15) is 32.8 Å². The fourth-order valence-electron chi connectivity index (χ4n) is 2.99. The average Bonchev–Trinajstić information content (AvgIpc) is 2.53. The highest BCUT2D eigenvalue weighted by molar-refractivity contribution is 5.87. The molecular formula is C19H27N3O2. The number of hydrogen-bond acceptors (Lipinski definition) is 2. The van der Waals surface area contributed by atoms with Gasteiger partial charge in [-0.3, -0.25) is 4.79 Å². The number of amides is 3. The van der Waals surface area contributed by atoms with Crippen LogP contribution in [0.5, 0.6) is 0 Å². The molecule has 3 amide bonds. The standard InChI is InChI=1S/C19H27N3O2/c1-19(2,3)15-9-11-22(12-10-15)17(23)16(21-18(20)24)13-14-7-5-4-6-8-14/h4-9,16H,10-13H2,1-3H3,(H3,20,21,24). The Morgan fingerprint density at radius 2 is 1.92 bits per heavy atom. The molecule has 0 spiro atoms. The first-order valence-electron chi connectivity index (χ1n) is 8.35. The quantitative estimate of drug-likeness (QED) is 0.833. The summed E-state index contributed by atoms with van der Waals surface area (Å²) in [5.74, 6) is -0.0816. The van der Waals surface area contributed by atoms with Crippen LogP contribution in [0.4, 0.5) is 4.79 Å². The maximum atomic E-state index is 12.8. The Balaban J connectivity index is 2.08. The molecule has 0 saturated carbocycles. The Labute approximate surface area is 143 Å². The van der Waals surface area contributed by atoms with Crippen molar-refractivity contribution in [3.8, 4) is 0 Å². The van der Waals surface area contributed by atoms with E-state index in [1.54, 1.807) is 4.90 Å². The van der Waals surface area contributed by atoms with E-state index in [-0.39, 0.29) is 11.3 Å². The lowest BCUT2D eigenvalue weighted by atomic mass is 9.83. The molecular weight excluding hydrogens is 302 g/mol. The van der Waals surface area contributed by atoms with Gasteiger partial charge in [-0.2, -0.15) is 0 Å². The van der Waals surface area contributed by atoms with E-state index in [0.717, 1.165) is 12.0 Å². The van der Waals surface area contributed by atoms with Gasteiger partial charge < -0.3 is 16.0 Å². The predicted octanol–water partition coefficient (Wildman–Crippen LogP) is 2.47. The normalized spacial score (nSPS) is 16.3. The lowest BCUT2D eigenvalue weighted by Gasteiger charge is -2.34. The Kier molecular flexibility index (Phi) is 5.65. The molecule has 0 aliphatic carbocycles. The zero-order valence-corrected chi connectivity index (χ0v) is 14.7. The summed E-state index contributed by atoms with van der Waals surface area (Å²) in [6.45, 7) is 7.81. The van der Waals surface area contributed by atoms with Crippen molar-refractivity contribution in [2.45, 2.75) is 39.7 Å². The van der Waals surface area contributed by atoms with Crippen LogP contribution < -0.4 is 11.1 Å². The van der Waals surface area contributed by atoms with Crippen LogP contribution in [0.25, 0.3) is 0 Å². The summed E-state index contributed by atoms with van der Waals surface area (Å²) in [6, 6.07) is 8.33. The van der Waals surface area contributed by atoms with Crippen molar-refractivity contribution in [2.24, 2.45) is 11.1 Å². The maximum absolute atomic E-state index is 12.8. The number of hydrogen-bond donors (Lipinski definition) is 2. The lowest BCUT2D eigenvalue weighted by molar-refractivity contribution is -0.132. The minimum Gasteiger partial charge on any atom is -0.352 e.